The van der Waals surface area contributed by atoms with Gasteiger partial charge in [0.1, 0.15) is 5.82 Å². The fourth-order valence-corrected chi connectivity index (χ4v) is 1.83. The van der Waals surface area contributed by atoms with Crippen LogP contribution in [0.4, 0.5) is 11.5 Å². The summed E-state index contributed by atoms with van der Waals surface area (Å²) in [5, 5.41) is 2.75. The zero-order valence-electron chi connectivity index (χ0n) is 9.56. The molecule has 0 bridgehead atoms. The lowest BCUT2D eigenvalue weighted by Gasteiger charge is -2.06. The number of benzene rings is 1. The van der Waals surface area contributed by atoms with Crippen molar-refractivity contribution in [1.82, 2.24) is 4.98 Å². The molecule has 3 N–H and O–H groups in total. The van der Waals surface area contributed by atoms with E-state index in [9.17, 15) is 4.79 Å². The molecule has 92 valence electrons. The van der Waals surface area contributed by atoms with Crippen LogP contribution in [0.25, 0.3) is 0 Å². The maximum atomic E-state index is 11.8. The first-order valence-corrected chi connectivity index (χ1v) is 6.19. The molecular formula is C13H12BrN3O. The number of nitrogen functional groups attached to an aromatic ring is 1. The average Bonchev–Trinajstić information content (AvgIpc) is 2.35. The van der Waals surface area contributed by atoms with Crippen molar-refractivity contribution >= 4 is 33.3 Å². The third-order valence-electron chi connectivity index (χ3n) is 2.36. The predicted molar refractivity (Wildman–Crippen MR) is 75.1 cm³/mol. The van der Waals surface area contributed by atoms with Crippen LogP contribution in [0.2, 0.25) is 0 Å². The highest BCUT2D eigenvalue weighted by Gasteiger charge is 2.07. The fourth-order valence-electron chi connectivity index (χ4n) is 1.47. The van der Waals surface area contributed by atoms with E-state index in [1.165, 1.54) is 0 Å². The standard InChI is InChI=1S/C13H12BrN3O/c14-11-2-1-7-16-13(11)17-12(18)8-9-3-5-10(15)6-4-9/h1-7H,8,15H2,(H,16,17,18). The molecule has 0 radical (unpaired) electrons. The van der Waals surface area contributed by atoms with Crippen LogP contribution < -0.4 is 11.1 Å². The molecule has 4 nitrogen and oxygen atoms in total. The summed E-state index contributed by atoms with van der Waals surface area (Å²) in [6.45, 7) is 0. The number of nitrogens with one attached hydrogen (secondary N) is 1. The first-order valence-electron chi connectivity index (χ1n) is 5.40. The van der Waals surface area contributed by atoms with Crippen molar-refractivity contribution in [3.05, 3.63) is 52.6 Å². The van der Waals surface area contributed by atoms with E-state index in [4.69, 9.17) is 5.73 Å². The van der Waals surface area contributed by atoms with Gasteiger partial charge in [0.25, 0.3) is 0 Å². The van der Waals surface area contributed by atoms with Gasteiger partial charge < -0.3 is 11.1 Å². The molecule has 0 atom stereocenters. The van der Waals surface area contributed by atoms with E-state index in [0.717, 1.165) is 10.0 Å². The van der Waals surface area contributed by atoms with Gasteiger partial charge in [-0.3, -0.25) is 4.79 Å². The molecule has 0 saturated heterocycles. The monoisotopic (exact) mass is 305 g/mol. The number of aromatic nitrogens is 1. The third kappa shape index (κ3) is 3.30. The normalized spacial score (nSPS) is 10.1. The van der Waals surface area contributed by atoms with Crippen molar-refractivity contribution in [3.8, 4) is 0 Å². The molecule has 2 rings (SSSR count). The minimum absolute atomic E-state index is 0.112. The Kier molecular flexibility index (Phi) is 3.94. The number of nitrogens with zero attached hydrogens (tertiary/aromatic N) is 1. The van der Waals surface area contributed by atoms with Gasteiger partial charge in [-0.2, -0.15) is 0 Å². The molecule has 1 heterocycles. The molecule has 0 unspecified atom stereocenters. The largest absolute Gasteiger partial charge is 0.399 e. The summed E-state index contributed by atoms with van der Waals surface area (Å²) in [4.78, 5) is 15.9. The van der Waals surface area contributed by atoms with Crippen LogP contribution in [-0.2, 0) is 11.2 Å². The minimum atomic E-state index is -0.112. The minimum Gasteiger partial charge on any atom is -0.399 e. The second-order valence-electron chi connectivity index (χ2n) is 3.80. The van der Waals surface area contributed by atoms with Gasteiger partial charge in [0.05, 0.1) is 10.9 Å². The van der Waals surface area contributed by atoms with Crippen molar-refractivity contribution in [3.63, 3.8) is 0 Å². The number of anilines is 2. The first kappa shape index (κ1) is 12.6. The van der Waals surface area contributed by atoms with Gasteiger partial charge >= 0.3 is 0 Å². The summed E-state index contributed by atoms with van der Waals surface area (Å²) in [5.74, 6) is 0.414. The molecule has 0 saturated carbocycles. The Morgan fingerprint density at radius 3 is 2.67 bits per heavy atom. The van der Waals surface area contributed by atoms with E-state index in [-0.39, 0.29) is 5.91 Å². The quantitative estimate of drug-likeness (QED) is 0.857. The van der Waals surface area contributed by atoms with Gasteiger partial charge in [0.15, 0.2) is 0 Å². The summed E-state index contributed by atoms with van der Waals surface area (Å²) in [5.41, 5.74) is 7.18. The number of carbonyl (C=O) groups excluding carboxylic acids is 1. The van der Waals surface area contributed by atoms with E-state index in [1.807, 2.05) is 18.2 Å². The smallest absolute Gasteiger partial charge is 0.229 e. The van der Waals surface area contributed by atoms with E-state index < -0.39 is 0 Å². The van der Waals surface area contributed by atoms with Crippen LogP contribution in [-0.4, -0.2) is 10.9 Å². The van der Waals surface area contributed by atoms with Gasteiger partial charge in [-0.25, -0.2) is 4.98 Å². The molecule has 0 aliphatic carbocycles. The number of pyridine rings is 1. The summed E-state index contributed by atoms with van der Waals surface area (Å²) in [7, 11) is 0. The summed E-state index contributed by atoms with van der Waals surface area (Å²) >= 11 is 3.33. The number of amides is 1. The Labute approximate surface area is 113 Å². The van der Waals surface area contributed by atoms with Crippen molar-refractivity contribution < 1.29 is 4.79 Å². The number of nitrogens with two attached hydrogens (primary N) is 1. The highest BCUT2D eigenvalue weighted by molar-refractivity contribution is 9.10. The van der Waals surface area contributed by atoms with Gasteiger partial charge in [-0.05, 0) is 45.8 Å². The van der Waals surface area contributed by atoms with Crippen molar-refractivity contribution in [2.45, 2.75) is 6.42 Å². The number of hydrogen-bond acceptors (Lipinski definition) is 3. The van der Waals surface area contributed by atoms with E-state index >= 15 is 0 Å². The van der Waals surface area contributed by atoms with E-state index in [0.29, 0.717) is 17.9 Å². The van der Waals surface area contributed by atoms with Gasteiger partial charge in [-0.1, -0.05) is 12.1 Å². The zero-order valence-corrected chi connectivity index (χ0v) is 11.1. The van der Waals surface area contributed by atoms with Crippen LogP contribution in [0.1, 0.15) is 5.56 Å². The summed E-state index contributed by atoms with van der Waals surface area (Å²) in [6.07, 6.45) is 1.92. The van der Waals surface area contributed by atoms with Crippen LogP contribution >= 0.6 is 15.9 Å². The summed E-state index contributed by atoms with van der Waals surface area (Å²) < 4.78 is 0.760. The Balaban J connectivity index is 2.01. The van der Waals surface area contributed by atoms with E-state index in [1.54, 1.807) is 24.4 Å². The number of halogens is 1. The molecule has 18 heavy (non-hydrogen) atoms. The molecular weight excluding hydrogens is 294 g/mol. The van der Waals surface area contributed by atoms with Gasteiger partial charge in [-0.15, -0.1) is 0 Å². The van der Waals surface area contributed by atoms with Crippen molar-refractivity contribution in [1.29, 1.82) is 0 Å². The maximum absolute atomic E-state index is 11.8. The molecule has 1 aromatic carbocycles. The SMILES string of the molecule is Nc1ccc(CC(=O)Nc2ncccc2Br)cc1. The van der Waals surface area contributed by atoms with Crippen LogP contribution in [0.15, 0.2) is 47.1 Å². The van der Waals surface area contributed by atoms with Crippen LogP contribution in [0.3, 0.4) is 0 Å². The maximum Gasteiger partial charge on any atom is 0.229 e. The molecule has 1 amide bonds. The third-order valence-corrected chi connectivity index (χ3v) is 3.00. The highest BCUT2D eigenvalue weighted by atomic mass is 79.9. The zero-order chi connectivity index (χ0) is 13.0. The van der Waals surface area contributed by atoms with Crippen LogP contribution in [0.5, 0.6) is 0 Å². The first-order chi connectivity index (χ1) is 8.65. The Hall–Kier alpha value is -1.88. The molecule has 0 spiro atoms. The van der Waals surface area contributed by atoms with E-state index in [2.05, 4.69) is 26.2 Å². The molecule has 0 aliphatic heterocycles. The molecule has 0 aliphatic rings. The highest BCUT2D eigenvalue weighted by Crippen LogP contribution is 2.18. The predicted octanol–water partition coefficient (Wildman–Crippen LogP) is 2.61. The average molecular weight is 306 g/mol. The lowest BCUT2D eigenvalue weighted by atomic mass is 10.1. The number of rotatable bonds is 3. The lowest BCUT2D eigenvalue weighted by molar-refractivity contribution is -0.115. The number of hydrogen-bond donors (Lipinski definition) is 2. The second kappa shape index (κ2) is 5.64. The summed E-state index contributed by atoms with van der Waals surface area (Å²) in [6, 6.07) is 10.8. The Bertz CT molecular complexity index is 554. The van der Waals surface area contributed by atoms with Crippen molar-refractivity contribution in [2.24, 2.45) is 0 Å². The molecule has 5 heteroatoms. The fraction of sp³-hybridized carbons (Fsp3) is 0.0769. The molecule has 1 aromatic heterocycles. The van der Waals surface area contributed by atoms with Crippen molar-refractivity contribution in [2.75, 3.05) is 11.1 Å². The Morgan fingerprint density at radius 2 is 2.00 bits per heavy atom. The van der Waals surface area contributed by atoms with Gasteiger partial charge in [0, 0.05) is 11.9 Å². The molecule has 2 aromatic rings. The second-order valence-corrected chi connectivity index (χ2v) is 4.65. The van der Waals surface area contributed by atoms with Gasteiger partial charge in [0.2, 0.25) is 5.91 Å². The Morgan fingerprint density at radius 1 is 1.28 bits per heavy atom. The number of carbonyl (C=O) groups is 1. The van der Waals surface area contributed by atoms with Crippen LogP contribution in [0, 0.1) is 0 Å². The topological polar surface area (TPSA) is 68.0 Å². The lowest BCUT2D eigenvalue weighted by Crippen LogP contribution is -2.15. The molecule has 0 fully saturated rings.